The molecule has 0 spiro atoms. The summed E-state index contributed by atoms with van der Waals surface area (Å²) in [5.74, 6) is 0.663. The molecule has 1 atom stereocenters. The maximum atomic E-state index is 12.5. The third kappa shape index (κ3) is 4.31. The Balaban J connectivity index is 1.68. The second-order valence-corrected chi connectivity index (χ2v) is 7.41. The van der Waals surface area contributed by atoms with Crippen molar-refractivity contribution < 1.29 is 9.53 Å². The molecule has 0 radical (unpaired) electrons. The molecule has 1 aromatic heterocycles. The van der Waals surface area contributed by atoms with Crippen LogP contribution in [-0.2, 0) is 18.4 Å². The molecule has 0 aliphatic carbocycles. The van der Waals surface area contributed by atoms with Gasteiger partial charge in [0, 0.05) is 13.6 Å². The number of nitrogens with one attached hydrogen (secondary N) is 1. The zero-order valence-corrected chi connectivity index (χ0v) is 16.2. The Hall–Kier alpha value is -2.80. The molecule has 0 fully saturated rings. The van der Waals surface area contributed by atoms with Gasteiger partial charge in [-0.15, -0.1) is 0 Å². The number of methoxy groups -OCH3 is 1. The molecule has 1 heterocycles. The fourth-order valence-electron chi connectivity index (χ4n) is 2.59. The molecule has 0 aliphatic rings. The lowest BCUT2D eigenvalue weighted by molar-refractivity contribution is -0.120. The molecule has 27 heavy (non-hydrogen) atoms. The summed E-state index contributed by atoms with van der Waals surface area (Å²) in [6, 6.07) is 14.7. The van der Waals surface area contributed by atoms with Crippen LogP contribution in [0.25, 0.3) is 10.9 Å². The van der Waals surface area contributed by atoms with Gasteiger partial charge >= 0.3 is 0 Å². The summed E-state index contributed by atoms with van der Waals surface area (Å²) >= 11 is 1.27. The minimum Gasteiger partial charge on any atom is -0.497 e. The van der Waals surface area contributed by atoms with Crippen LogP contribution in [0.2, 0.25) is 0 Å². The third-order valence-corrected chi connectivity index (χ3v) is 5.36. The average Bonchev–Trinajstić information content (AvgIpc) is 2.70. The SMILES string of the molecule is COc1ccc(CNC(=O)C(C)Sc2nc3ccccc3c(=O)n2C)cc1. The summed E-state index contributed by atoms with van der Waals surface area (Å²) in [5.41, 5.74) is 1.50. The van der Waals surface area contributed by atoms with Gasteiger partial charge in [0.1, 0.15) is 5.75 Å². The van der Waals surface area contributed by atoms with E-state index in [1.807, 2.05) is 36.4 Å². The van der Waals surface area contributed by atoms with Crippen molar-refractivity contribution >= 4 is 28.6 Å². The van der Waals surface area contributed by atoms with Crippen molar-refractivity contribution in [1.29, 1.82) is 0 Å². The normalized spacial score (nSPS) is 12.0. The summed E-state index contributed by atoms with van der Waals surface area (Å²) in [5, 5.41) is 3.61. The first kappa shape index (κ1) is 19.0. The van der Waals surface area contributed by atoms with Gasteiger partial charge < -0.3 is 10.1 Å². The van der Waals surface area contributed by atoms with Crippen molar-refractivity contribution in [3.05, 3.63) is 64.4 Å². The number of thioether (sulfide) groups is 1. The van der Waals surface area contributed by atoms with Crippen molar-refractivity contribution in [2.75, 3.05) is 7.11 Å². The monoisotopic (exact) mass is 383 g/mol. The molecular formula is C20H21N3O3S. The van der Waals surface area contributed by atoms with Crippen LogP contribution in [0.5, 0.6) is 5.75 Å². The number of para-hydroxylation sites is 1. The van der Waals surface area contributed by atoms with Gasteiger partial charge in [-0.05, 0) is 36.8 Å². The number of carbonyl (C=O) groups excluding carboxylic acids is 1. The van der Waals surface area contributed by atoms with E-state index >= 15 is 0 Å². The van der Waals surface area contributed by atoms with Crippen molar-refractivity contribution in [1.82, 2.24) is 14.9 Å². The van der Waals surface area contributed by atoms with Gasteiger partial charge in [-0.1, -0.05) is 36.0 Å². The summed E-state index contributed by atoms with van der Waals surface area (Å²) in [6.07, 6.45) is 0. The van der Waals surface area contributed by atoms with Crippen molar-refractivity contribution in [2.45, 2.75) is 23.9 Å². The molecule has 0 saturated heterocycles. The molecule has 1 unspecified atom stereocenters. The minimum atomic E-state index is -0.387. The van der Waals surface area contributed by atoms with Crippen LogP contribution in [0.3, 0.4) is 0 Å². The van der Waals surface area contributed by atoms with E-state index in [9.17, 15) is 9.59 Å². The molecule has 0 saturated carbocycles. The van der Waals surface area contributed by atoms with E-state index < -0.39 is 0 Å². The van der Waals surface area contributed by atoms with E-state index in [-0.39, 0.29) is 16.7 Å². The first-order valence-corrected chi connectivity index (χ1v) is 9.40. The van der Waals surface area contributed by atoms with Gasteiger partial charge in [0.15, 0.2) is 5.16 Å². The van der Waals surface area contributed by atoms with Crippen LogP contribution in [0.4, 0.5) is 0 Å². The van der Waals surface area contributed by atoms with Gasteiger partial charge in [0.25, 0.3) is 5.56 Å². The van der Waals surface area contributed by atoms with E-state index in [0.717, 1.165) is 11.3 Å². The van der Waals surface area contributed by atoms with Crippen LogP contribution in [-0.4, -0.2) is 27.8 Å². The molecule has 1 N–H and O–H groups in total. The molecule has 0 aliphatic heterocycles. The number of aromatic nitrogens is 2. The molecular weight excluding hydrogens is 362 g/mol. The van der Waals surface area contributed by atoms with Gasteiger partial charge in [-0.3, -0.25) is 14.2 Å². The molecule has 7 heteroatoms. The molecule has 1 amide bonds. The van der Waals surface area contributed by atoms with E-state index in [0.29, 0.717) is 22.6 Å². The highest BCUT2D eigenvalue weighted by molar-refractivity contribution is 8.00. The maximum absolute atomic E-state index is 12.5. The van der Waals surface area contributed by atoms with Gasteiger partial charge in [0.2, 0.25) is 5.91 Å². The summed E-state index contributed by atoms with van der Waals surface area (Å²) < 4.78 is 6.61. The standard InChI is InChI=1S/C20H21N3O3S/c1-13(18(24)21-12-14-8-10-15(26-3)11-9-14)27-20-22-17-7-5-4-6-16(17)19(25)23(20)2/h4-11,13H,12H2,1-3H3,(H,21,24). The highest BCUT2D eigenvalue weighted by Gasteiger charge is 2.18. The number of ether oxygens (including phenoxy) is 1. The number of hydrogen-bond acceptors (Lipinski definition) is 5. The van der Waals surface area contributed by atoms with Gasteiger partial charge in [0.05, 0.1) is 23.3 Å². The largest absolute Gasteiger partial charge is 0.497 e. The van der Waals surface area contributed by atoms with Crippen LogP contribution in [0.15, 0.2) is 58.5 Å². The first-order valence-electron chi connectivity index (χ1n) is 8.52. The van der Waals surface area contributed by atoms with Crippen molar-refractivity contribution in [3.63, 3.8) is 0 Å². The Morgan fingerprint density at radius 3 is 2.63 bits per heavy atom. The van der Waals surface area contributed by atoms with Crippen LogP contribution in [0, 0.1) is 0 Å². The van der Waals surface area contributed by atoms with Crippen molar-refractivity contribution in [2.24, 2.45) is 7.05 Å². The Kier molecular flexibility index (Phi) is 5.81. The number of benzene rings is 2. The van der Waals surface area contributed by atoms with E-state index in [2.05, 4.69) is 10.3 Å². The number of carbonyl (C=O) groups is 1. The number of fused-ring (bicyclic) bond motifs is 1. The summed E-state index contributed by atoms with van der Waals surface area (Å²) in [7, 11) is 3.29. The lowest BCUT2D eigenvalue weighted by Crippen LogP contribution is -2.31. The minimum absolute atomic E-state index is 0.113. The second-order valence-electron chi connectivity index (χ2n) is 6.10. The predicted octanol–water partition coefficient (Wildman–Crippen LogP) is 2.74. The summed E-state index contributed by atoms with van der Waals surface area (Å²) in [6.45, 7) is 2.23. The Morgan fingerprint density at radius 2 is 1.93 bits per heavy atom. The fraction of sp³-hybridized carbons (Fsp3) is 0.250. The zero-order valence-electron chi connectivity index (χ0n) is 15.4. The number of amides is 1. The number of rotatable bonds is 6. The number of nitrogens with zero attached hydrogens (tertiary/aromatic N) is 2. The second kappa shape index (κ2) is 8.26. The lowest BCUT2D eigenvalue weighted by Gasteiger charge is -2.14. The van der Waals surface area contributed by atoms with Gasteiger partial charge in [-0.2, -0.15) is 0 Å². The maximum Gasteiger partial charge on any atom is 0.261 e. The molecule has 2 aromatic carbocycles. The van der Waals surface area contributed by atoms with Crippen LogP contribution < -0.4 is 15.6 Å². The highest BCUT2D eigenvalue weighted by atomic mass is 32.2. The molecule has 140 valence electrons. The van der Waals surface area contributed by atoms with E-state index in [4.69, 9.17) is 4.74 Å². The highest BCUT2D eigenvalue weighted by Crippen LogP contribution is 2.22. The zero-order chi connectivity index (χ0) is 19.4. The third-order valence-electron chi connectivity index (χ3n) is 4.22. The summed E-state index contributed by atoms with van der Waals surface area (Å²) in [4.78, 5) is 29.4. The van der Waals surface area contributed by atoms with E-state index in [1.54, 1.807) is 33.2 Å². The first-order chi connectivity index (χ1) is 13.0. The fourth-order valence-corrected chi connectivity index (χ4v) is 3.49. The molecule has 6 nitrogen and oxygen atoms in total. The Bertz CT molecular complexity index is 1020. The molecule has 0 bridgehead atoms. The van der Waals surface area contributed by atoms with E-state index in [1.165, 1.54) is 16.3 Å². The molecule has 3 aromatic rings. The molecule has 3 rings (SSSR count). The lowest BCUT2D eigenvalue weighted by atomic mass is 10.2. The quantitative estimate of drug-likeness (QED) is 0.523. The van der Waals surface area contributed by atoms with Gasteiger partial charge in [-0.25, -0.2) is 4.98 Å². The van der Waals surface area contributed by atoms with Crippen LogP contribution in [0.1, 0.15) is 12.5 Å². The van der Waals surface area contributed by atoms with Crippen LogP contribution >= 0.6 is 11.8 Å². The smallest absolute Gasteiger partial charge is 0.261 e. The Morgan fingerprint density at radius 1 is 1.22 bits per heavy atom. The Labute approximate surface area is 161 Å². The average molecular weight is 383 g/mol. The predicted molar refractivity (Wildman–Crippen MR) is 107 cm³/mol. The topological polar surface area (TPSA) is 73.2 Å². The van der Waals surface area contributed by atoms with Crippen molar-refractivity contribution in [3.8, 4) is 5.75 Å². The number of hydrogen-bond donors (Lipinski definition) is 1.